The van der Waals surface area contributed by atoms with E-state index in [2.05, 4.69) is 36.4 Å². The SMILES string of the molecule is CC(C)(C)CNC(=O)N1CC2[C@H](CCNC(=O)c3cc4ccncc4o3)[C@H]2C1. The lowest BCUT2D eigenvalue weighted by atomic mass is 9.97. The predicted molar refractivity (Wildman–Crippen MR) is 106 cm³/mol. The van der Waals surface area contributed by atoms with E-state index in [0.29, 0.717) is 42.2 Å². The van der Waals surface area contributed by atoms with Crippen LogP contribution < -0.4 is 10.6 Å². The van der Waals surface area contributed by atoms with E-state index in [9.17, 15) is 9.59 Å². The third kappa shape index (κ3) is 3.98. The van der Waals surface area contributed by atoms with Gasteiger partial charge in [-0.05, 0) is 41.7 Å². The van der Waals surface area contributed by atoms with Gasteiger partial charge in [0.05, 0.1) is 6.20 Å². The van der Waals surface area contributed by atoms with Crippen LogP contribution in [0.25, 0.3) is 11.0 Å². The van der Waals surface area contributed by atoms with Gasteiger partial charge < -0.3 is 20.0 Å². The van der Waals surface area contributed by atoms with E-state index in [1.165, 1.54) is 0 Å². The van der Waals surface area contributed by atoms with Gasteiger partial charge in [-0.15, -0.1) is 0 Å². The molecular weight excluding hydrogens is 356 g/mol. The highest BCUT2D eigenvalue weighted by Gasteiger charge is 2.55. The Balaban J connectivity index is 1.18. The van der Waals surface area contributed by atoms with Gasteiger partial charge in [0, 0.05) is 37.8 Å². The number of fused-ring (bicyclic) bond motifs is 2. The summed E-state index contributed by atoms with van der Waals surface area (Å²) >= 11 is 0. The second kappa shape index (κ2) is 7.11. The number of pyridine rings is 1. The lowest BCUT2D eigenvalue weighted by Crippen LogP contribution is -2.43. The summed E-state index contributed by atoms with van der Waals surface area (Å²) in [6, 6.07) is 3.62. The van der Waals surface area contributed by atoms with Crippen LogP contribution in [0.3, 0.4) is 0 Å². The average molecular weight is 384 g/mol. The first-order valence-electron chi connectivity index (χ1n) is 9.96. The Morgan fingerprint density at radius 2 is 2.00 bits per heavy atom. The van der Waals surface area contributed by atoms with Crippen LogP contribution in [0.2, 0.25) is 0 Å². The highest BCUT2D eigenvalue weighted by molar-refractivity contribution is 5.95. The molecule has 7 heteroatoms. The summed E-state index contributed by atoms with van der Waals surface area (Å²) < 4.78 is 5.54. The van der Waals surface area contributed by atoms with Crippen molar-refractivity contribution in [2.45, 2.75) is 27.2 Å². The Morgan fingerprint density at radius 1 is 1.25 bits per heavy atom. The molecule has 28 heavy (non-hydrogen) atoms. The summed E-state index contributed by atoms with van der Waals surface area (Å²) in [5, 5.41) is 6.84. The maximum absolute atomic E-state index is 12.3. The van der Waals surface area contributed by atoms with Crippen LogP contribution >= 0.6 is 0 Å². The van der Waals surface area contributed by atoms with E-state index >= 15 is 0 Å². The smallest absolute Gasteiger partial charge is 0.317 e. The number of hydrogen-bond donors (Lipinski definition) is 2. The fourth-order valence-electron chi connectivity index (χ4n) is 4.13. The summed E-state index contributed by atoms with van der Waals surface area (Å²) in [7, 11) is 0. The molecule has 1 unspecified atom stereocenters. The third-order valence-corrected chi connectivity index (χ3v) is 5.74. The molecule has 4 rings (SSSR count). The van der Waals surface area contributed by atoms with Gasteiger partial charge in [-0.2, -0.15) is 0 Å². The van der Waals surface area contributed by atoms with Crippen molar-refractivity contribution in [2.24, 2.45) is 23.2 Å². The maximum atomic E-state index is 12.3. The minimum atomic E-state index is -0.190. The monoisotopic (exact) mass is 384 g/mol. The van der Waals surface area contributed by atoms with Gasteiger partial charge in [-0.3, -0.25) is 9.78 Å². The summed E-state index contributed by atoms with van der Waals surface area (Å²) in [4.78, 5) is 30.4. The van der Waals surface area contributed by atoms with Crippen LogP contribution in [-0.4, -0.2) is 48.0 Å². The molecule has 3 heterocycles. The van der Waals surface area contributed by atoms with Gasteiger partial charge in [0.25, 0.3) is 5.91 Å². The van der Waals surface area contributed by atoms with E-state index in [4.69, 9.17) is 4.42 Å². The van der Waals surface area contributed by atoms with Crippen molar-refractivity contribution in [3.05, 3.63) is 30.3 Å². The van der Waals surface area contributed by atoms with E-state index < -0.39 is 0 Å². The molecule has 2 aliphatic rings. The van der Waals surface area contributed by atoms with Crippen molar-refractivity contribution in [3.63, 3.8) is 0 Å². The molecule has 1 saturated heterocycles. The van der Waals surface area contributed by atoms with Crippen LogP contribution in [0.5, 0.6) is 0 Å². The number of piperidine rings is 1. The maximum Gasteiger partial charge on any atom is 0.317 e. The lowest BCUT2D eigenvalue weighted by Gasteiger charge is -2.24. The first kappa shape index (κ1) is 18.8. The summed E-state index contributed by atoms with van der Waals surface area (Å²) in [5.41, 5.74) is 0.712. The number of rotatable bonds is 5. The molecule has 2 N–H and O–H groups in total. The van der Waals surface area contributed by atoms with Crippen LogP contribution in [-0.2, 0) is 0 Å². The Kier molecular flexibility index (Phi) is 4.77. The number of amides is 3. The van der Waals surface area contributed by atoms with Crippen LogP contribution in [0, 0.1) is 23.2 Å². The zero-order valence-electron chi connectivity index (χ0n) is 16.7. The molecule has 3 amide bonds. The number of furan rings is 1. The minimum Gasteiger partial charge on any atom is -0.449 e. The Morgan fingerprint density at radius 3 is 2.68 bits per heavy atom. The first-order valence-corrected chi connectivity index (χ1v) is 9.96. The van der Waals surface area contributed by atoms with Crippen molar-refractivity contribution in [1.82, 2.24) is 20.5 Å². The number of nitrogens with one attached hydrogen (secondary N) is 2. The number of likely N-dealkylation sites (tertiary alicyclic amines) is 1. The van der Waals surface area contributed by atoms with E-state index in [1.807, 2.05) is 11.0 Å². The van der Waals surface area contributed by atoms with Gasteiger partial charge in [0.2, 0.25) is 0 Å². The second-order valence-electron chi connectivity index (χ2n) is 9.18. The van der Waals surface area contributed by atoms with Gasteiger partial charge in [-0.25, -0.2) is 4.79 Å². The molecule has 1 aliphatic carbocycles. The minimum absolute atomic E-state index is 0.0496. The predicted octanol–water partition coefficient (Wildman–Crippen LogP) is 2.88. The van der Waals surface area contributed by atoms with Crippen molar-refractivity contribution in [1.29, 1.82) is 0 Å². The molecule has 2 aromatic rings. The Bertz CT molecular complexity index is 840. The molecule has 7 nitrogen and oxygen atoms in total. The fraction of sp³-hybridized carbons (Fsp3) is 0.571. The van der Waals surface area contributed by atoms with E-state index in [-0.39, 0.29) is 17.4 Å². The van der Waals surface area contributed by atoms with Crippen molar-refractivity contribution >= 4 is 22.9 Å². The third-order valence-electron chi connectivity index (χ3n) is 5.74. The first-order chi connectivity index (χ1) is 13.3. The number of aromatic nitrogens is 1. The number of nitrogens with zero attached hydrogens (tertiary/aromatic N) is 2. The fourth-order valence-corrected chi connectivity index (χ4v) is 4.13. The zero-order valence-corrected chi connectivity index (χ0v) is 16.7. The molecule has 150 valence electrons. The quantitative estimate of drug-likeness (QED) is 0.830. The number of urea groups is 1. The number of carbonyl (C=O) groups excluding carboxylic acids is 2. The summed E-state index contributed by atoms with van der Waals surface area (Å²) in [6.07, 6.45) is 4.24. The van der Waals surface area contributed by atoms with Crippen molar-refractivity contribution in [2.75, 3.05) is 26.2 Å². The molecular formula is C21H28N4O3. The molecule has 0 aromatic carbocycles. The van der Waals surface area contributed by atoms with E-state index in [1.54, 1.807) is 18.5 Å². The van der Waals surface area contributed by atoms with Gasteiger partial charge in [0.1, 0.15) is 0 Å². The topological polar surface area (TPSA) is 87.5 Å². The summed E-state index contributed by atoms with van der Waals surface area (Å²) in [6.45, 7) is 9.31. The van der Waals surface area contributed by atoms with Crippen molar-refractivity contribution < 1.29 is 14.0 Å². The molecule has 1 saturated carbocycles. The summed E-state index contributed by atoms with van der Waals surface area (Å²) in [5.74, 6) is 1.89. The molecule has 1 aliphatic heterocycles. The van der Waals surface area contributed by atoms with Crippen molar-refractivity contribution in [3.8, 4) is 0 Å². The van der Waals surface area contributed by atoms with E-state index in [0.717, 1.165) is 24.9 Å². The number of carbonyl (C=O) groups is 2. The van der Waals surface area contributed by atoms with Gasteiger partial charge in [-0.1, -0.05) is 20.8 Å². The van der Waals surface area contributed by atoms with Gasteiger partial charge >= 0.3 is 6.03 Å². The molecule has 2 aromatic heterocycles. The number of hydrogen-bond acceptors (Lipinski definition) is 4. The standard InChI is InChI=1S/C21H28N4O3/c1-21(2,3)12-24-20(27)25-10-15-14(16(15)11-25)5-7-23-19(26)17-8-13-4-6-22-9-18(13)28-17/h4,6,8-9,14-16H,5,7,10-12H2,1-3H3,(H,23,26)(H,24,27)/t14-,15-,16?/m1/s1. The average Bonchev–Trinajstić information content (AvgIpc) is 3.04. The normalized spacial score (nSPS) is 23.5. The highest BCUT2D eigenvalue weighted by atomic mass is 16.3. The van der Waals surface area contributed by atoms with Gasteiger partial charge in [0.15, 0.2) is 11.3 Å². The Labute approximate surface area is 164 Å². The van der Waals surface area contributed by atoms with Crippen LogP contribution in [0.4, 0.5) is 4.79 Å². The highest BCUT2D eigenvalue weighted by Crippen LogP contribution is 2.53. The zero-order chi connectivity index (χ0) is 19.9. The second-order valence-corrected chi connectivity index (χ2v) is 9.18. The molecule has 3 atom stereocenters. The van der Waals surface area contributed by atoms with Crippen LogP contribution in [0.1, 0.15) is 37.7 Å². The van der Waals surface area contributed by atoms with Crippen LogP contribution in [0.15, 0.2) is 28.9 Å². The molecule has 2 fully saturated rings. The molecule has 0 bridgehead atoms. The molecule has 0 radical (unpaired) electrons. The Hall–Kier alpha value is -2.57. The lowest BCUT2D eigenvalue weighted by molar-refractivity contribution is 0.0926. The molecule has 0 spiro atoms. The largest absolute Gasteiger partial charge is 0.449 e.